The molecule has 2 aromatic carbocycles. The van der Waals surface area contributed by atoms with Crippen LogP contribution in [0, 0.1) is 25.2 Å². The number of aryl methyl sites for hydroxylation is 1. The van der Waals surface area contributed by atoms with E-state index in [1.807, 2.05) is 56.3 Å². The number of hydrogen-bond donors (Lipinski definition) is 0. The molecule has 0 N–H and O–H groups in total. The number of benzene rings is 2. The fourth-order valence-corrected chi connectivity index (χ4v) is 5.51. The maximum Gasteiger partial charge on any atom is 0.156 e. The second-order valence-corrected chi connectivity index (χ2v) is 9.59. The number of halogens is 2. The summed E-state index contributed by atoms with van der Waals surface area (Å²) in [6.07, 6.45) is 1.90. The van der Waals surface area contributed by atoms with Crippen molar-refractivity contribution in [2.75, 3.05) is 0 Å². The van der Waals surface area contributed by atoms with Gasteiger partial charge in [-0.05, 0) is 73.6 Å². The van der Waals surface area contributed by atoms with E-state index >= 15 is 0 Å². The van der Waals surface area contributed by atoms with E-state index < -0.39 is 0 Å². The number of para-hydroxylation sites is 1. The zero-order valence-electron chi connectivity index (χ0n) is 15.6. The first-order valence-corrected chi connectivity index (χ1v) is 11.1. The highest BCUT2D eigenvalue weighted by Gasteiger charge is 2.14. The lowest BCUT2D eigenvalue weighted by Gasteiger charge is -2.12. The van der Waals surface area contributed by atoms with E-state index in [9.17, 15) is 5.26 Å². The minimum Gasteiger partial charge on any atom is -0.316 e. The van der Waals surface area contributed by atoms with Crippen molar-refractivity contribution < 1.29 is 0 Å². The molecule has 3 nitrogen and oxygen atoms in total. The Morgan fingerprint density at radius 1 is 1.17 bits per heavy atom. The monoisotopic (exact) mass is 455 g/mol. The van der Waals surface area contributed by atoms with E-state index in [2.05, 4.69) is 15.6 Å². The van der Waals surface area contributed by atoms with Gasteiger partial charge in [0.15, 0.2) is 4.34 Å². The lowest BCUT2D eigenvalue weighted by Crippen LogP contribution is -2.00. The molecule has 2 aromatic heterocycles. The highest BCUT2D eigenvalue weighted by Crippen LogP contribution is 2.35. The van der Waals surface area contributed by atoms with Crippen LogP contribution in [0.25, 0.3) is 22.0 Å². The number of fused-ring (bicyclic) bond motifs is 1. The Labute approximate surface area is 187 Å². The Kier molecular flexibility index (Phi) is 5.71. The summed E-state index contributed by atoms with van der Waals surface area (Å²) in [6, 6.07) is 17.7. The van der Waals surface area contributed by atoms with Gasteiger partial charge < -0.3 is 4.57 Å². The van der Waals surface area contributed by atoms with Crippen LogP contribution in [-0.4, -0.2) is 9.55 Å². The molecule has 0 unspecified atom stereocenters. The molecule has 0 aliphatic heterocycles. The second-order valence-electron chi connectivity index (χ2n) is 6.43. The van der Waals surface area contributed by atoms with E-state index in [1.54, 1.807) is 23.5 Å². The molecule has 2 heterocycles. The normalized spacial score (nSPS) is 11.8. The summed E-state index contributed by atoms with van der Waals surface area (Å²) in [5.74, 6) is 0. The van der Waals surface area contributed by atoms with E-state index in [-0.39, 0.29) is 0 Å². The number of rotatable bonds is 4. The number of allylic oxidation sites excluding steroid dienone is 1. The fourth-order valence-electron chi connectivity index (χ4n) is 3.18. The number of nitrogens with zero attached hydrogens (tertiary/aromatic N) is 3. The first kappa shape index (κ1) is 20.1. The molecule has 0 radical (unpaired) electrons. The highest BCUT2D eigenvalue weighted by atomic mass is 35.5. The van der Waals surface area contributed by atoms with Crippen molar-refractivity contribution in [2.24, 2.45) is 0 Å². The molecule has 4 rings (SSSR count). The number of thioether (sulfide) groups is 1. The molecule has 4 aromatic rings. The van der Waals surface area contributed by atoms with Gasteiger partial charge in [-0.3, -0.25) is 0 Å². The average Bonchev–Trinajstić information content (AvgIpc) is 3.23. The summed E-state index contributed by atoms with van der Waals surface area (Å²) in [6.45, 7) is 4.02. The van der Waals surface area contributed by atoms with Crippen LogP contribution in [0.5, 0.6) is 0 Å². The van der Waals surface area contributed by atoms with Crippen molar-refractivity contribution in [3.05, 3.63) is 80.4 Å². The van der Waals surface area contributed by atoms with E-state index in [0.717, 1.165) is 37.2 Å². The molecule has 0 fully saturated rings. The molecule has 0 amide bonds. The Morgan fingerprint density at radius 2 is 1.97 bits per heavy atom. The molecule has 0 aliphatic carbocycles. The molecule has 0 saturated heterocycles. The van der Waals surface area contributed by atoms with Crippen LogP contribution in [0.2, 0.25) is 10.0 Å². The fraction of sp³-hybridized carbons (Fsp3) is 0.0909. The third-order valence-corrected chi connectivity index (χ3v) is 7.07. The summed E-state index contributed by atoms with van der Waals surface area (Å²) < 4.78 is 4.02. The molecule has 144 valence electrons. The lowest BCUT2D eigenvalue weighted by atomic mass is 10.2. The molecular formula is C22H15Cl2N3S2. The molecule has 0 bridgehead atoms. The quantitative estimate of drug-likeness (QED) is 0.234. The molecule has 29 heavy (non-hydrogen) atoms. The first-order chi connectivity index (χ1) is 14.0. The molecule has 0 atom stereocenters. The maximum atomic E-state index is 9.68. The van der Waals surface area contributed by atoms with Crippen molar-refractivity contribution in [3.63, 3.8) is 0 Å². The van der Waals surface area contributed by atoms with Gasteiger partial charge >= 0.3 is 0 Å². The summed E-state index contributed by atoms with van der Waals surface area (Å²) in [4.78, 5) is 5.19. The van der Waals surface area contributed by atoms with Crippen molar-refractivity contribution >= 4 is 62.6 Å². The van der Waals surface area contributed by atoms with Gasteiger partial charge in [0.2, 0.25) is 0 Å². The number of nitriles is 1. The predicted octanol–water partition coefficient (Wildman–Crippen LogP) is 7.67. The summed E-state index contributed by atoms with van der Waals surface area (Å²) >= 11 is 15.5. The van der Waals surface area contributed by atoms with Gasteiger partial charge in [0.25, 0.3) is 0 Å². The number of thiazole rings is 1. The average molecular weight is 456 g/mol. The van der Waals surface area contributed by atoms with Crippen LogP contribution in [0.1, 0.15) is 17.0 Å². The third kappa shape index (κ3) is 4.08. The van der Waals surface area contributed by atoms with Crippen LogP contribution in [0.3, 0.4) is 0 Å². The molecule has 0 saturated carbocycles. The van der Waals surface area contributed by atoms with Crippen molar-refractivity contribution in [1.82, 2.24) is 9.55 Å². The van der Waals surface area contributed by atoms with Crippen molar-refractivity contribution in [2.45, 2.75) is 18.2 Å². The van der Waals surface area contributed by atoms with Crippen LogP contribution < -0.4 is 0 Å². The molecule has 7 heteroatoms. The van der Waals surface area contributed by atoms with Crippen LogP contribution >= 0.6 is 46.3 Å². The molecule has 0 spiro atoms. The highest BCUT2D eigenvalue weighted by molar-refractivity contribution is 8.05. The van der Waals surface area contributed by atoms with E-state index in [4.69, 9.17) is 23.2 Å². The van der Waals surface area contributed by atoms with E-state index in [1.165, 1.54) is 11.8 Å². The largest absolute Gasteiger partial charge is 0.316 e. The second kappa shape index (κ2) is 8.25. The first-order valence-electron chi connectivity index (χ1n) is 8.76. The van der Waals surface area contributed by atoms with Crippen LogP contribution in [-0.2, 0) is 0 Å². The maximum absolute atomic E-state index is 9.68. The van der Waals surface area contributed by atoms with Gasteiger partial charge in [-0.25, -0.2) is 4.98 Å². The predicted molar refractivity (Wildman–Crippen MR) is 124 cm³/mol. The Morgan fingerprint density at radius 3 is 2.72 bits per heavy atom. The summed E-state index contributed by atoms with van der Waals surface area (Å²) in [7, 11) is 0. The number of hydrogen-bond acceptors (Lipinski definition) is 4. The van der Waals surface area contributed by atoms with Crippen molar-refractivity contribution in [1.29, 1.82) is 5.26 Å². The third-order valence-electron chi connectivity index (χ3n) is 4.49. The summed E-state index contributed by atoms with van der Waals surface area (Å²) in [5.41, 5.74) is 4.74. The Hall–Kier alpha value is -2.23. The standard InChI is InChI=1S/C22H15Cl2N3S2/c1-13-9-15(14(2)27(13)20-11-16(23)7-8-18(20)24)10-17(12-25)28-22-26-19-5-3-4-6-21(19)29-22/h3-11H,1-2H3/b17-10+. The zero-order valence-corrected chi connectivity index (χ0v) is 18.8. The lowest BCUT2D eigenvalue weighted by molar-refractivity contribution is 0.965. The molecule has 0 aliphatic rings. The topological polar surface area (TPSA) is 41.6 Å². The van der Waals surface area contributed by atoms with E-state index in [0.29, 0.717) is 15.0 Å². The number of aromatic nitrogens is 2. The van der Waals surface area contributed by atoms with Gasteiger partial charge in [0, 0.05) is 16.4 Å². The Bertz CT molecular complexity index is 1260. The van der Waals surface area contributed by atoms with Gasteiger partial charge in [-0.1, -0.05) is 35.3 Å². The Balaban J connectivity index is 1.71. The zero-order chi connectivity index (χ0) is 20.5. The minimum atomic E-state index is 0.585. The van der Waals surface area contributed by atoms with Crippen molar-refractivity contribution in [3.8, 4) is 11.8 Å². The van der Waals surface area contributed by atoms with Crippen LogP contribution in [0.15, 0.2) is 57.8 Å². The molecular weight excluding hydrogens is 441 g/mol. The SMILES string of the molecule is Cc1cc(/C=C(\C#N)Sc2nc3ccccc3s2)c(C)n1-c1cc(Cl)ccc1Cl. The van der Waals surface area contributed by atoms with Gasteiger partial charge in [0.05, 0.1) is 25.8 Å². The van der Waals surface area contributed by atoms with Gasteiger partial charge in [-0.15, -0.1) is 11.3 Å². The van der Waals surface area contributed by atoms with Crippen LogP contribution in [0.4, 0.5) is 0 Å². The smallest absolute Gasteiger partial charge is 0.156 e. The minimum absolute atomic E-state index is 0.585. The van der Waals surface area contributed by atoms with Gasteiger partial charge in [0.1, 0.15) is 6.07 Å². The van der Waals surface area contributed by atoms with Gasteiger partial charge in [-0.2, -0.15) is 5.26 Å². The summed E-state index contributed by atoms with van der Waals surface area (Å²) in [5, 5.41) is 10.9.